The summed E-state index contributed by atoms with van der Waals surface area (Å²) >= 11 is 0. The summed E-state index contributed by atoms with van der Waals surface area (Å²) in [5, 5.41) is 7.46. The zero-order valence-corrected chi connectivity index (χ0v) is 18.9. The highest BCUT2D eigenvalue weighted by molar-refractivity contribution is 6.04. The predicted octanol–water partition coefficient (Wildman–Crippen LogP) is 2.94. The molecule has 4 rings (SSSR count). The van der Waals surface area contributed by atoms with Gasteiger partial charge in [-0.15, -0.1) is 0 Å². The molecule has 1 spiro atoms. The number of rotatable bonds is 7. The minimum atomic E-state index is -0.254. The van der Waals surface area contributed by atoms with Crippen LogP contribution in [0.4, 0.5) is 5.82 Å². The maximum atomic E-state index is 12.7. The lowest BCUT2D eigenvalue weighted by Crippen LogP contribution is -2.63. The van der Waals surface area contributed by atoms with Gasteiger partial charge in [-0.3, -0.25) is 9.59 Å². The normalized spacial score (nSPS) is 18.0. The number of carbonyl (C=O) groups is 2. The lowest BCUT2D eigenvalue weighted by Gasteiger charge is -2.58. The average Bonchev–Trinajstić information content (AvgIpc) is 3.08. The van der Waals surface area contributed by atoms with E-state index in [0.717, 1.165) is 37.1 Å². The Balaban J connectivity index is 1.57. The molecule has 2 aliphatic rings. The first-order chi connectivity index (χ1) is 15.3. The van der Waals surface area contributed by atoms with E-state index in [0.29, 0.717) is 23.7 Å². The van der Waals surface area contributed by atoms with Crippen molar-refractivity contribution in [2.45, 2.75) is 38.8 Å². The standard InChI is InChI=1S/C24H31N5O3/c1-5-19(30)28-13-24(14-28)11-18(12-24)29-22(25)20(23(31)26-4)21(27-29)17-9-7-16(8-10-17)15(3)32-6-2/h5,7-10,15,18H,1,6,11-14,25H2,2-4H3,(H,26,31). The van der Waals surface area contributed by atoms with Crippen LogP contribution in [0.1, 0.15) is 54.8 Å². The largest absolute Gasteiger partial charge is 0.383 e. The van der Waals surface area contributed by atoms with Crippen molar-refractivity contribution in [3.8, 4) is 11.3 Å². The van der Waals surface area contributed by atoms with Crippen LogP contribution in [0.5, 0.6) is 0 Å². The molecule has 1 atom stereocenters. The zero-order valence-electron chi connectivity index (χ0n) is 18.9. The molecule has 8 nitrogen and oxygen atoms in total. The number of benzene rings is 1. The molecule has 1 saturated carbocycles. The molecule has 1 aromatic heterocycles. The summed E-state index contributed by atoms with van der Waals surface area (Å²) in [5.41, 5.74) is 9.44. The number of aromatic nitrogens is 2. The second-order valence-electron chi connectivity index (χ2n) is 8.81. The van der Waals surface area contributed by atoms with Crippen LogP contribution in [0, 0.1) is 5.41 Å². The number of anilines is 1. The SMILES string of the molecule is C=CC(=O)N1CC2(CC(n3nc(-c4ccc(C(C)OCC)cc4)c(C(=O)NC)c3N)C2)C1. The Labute approximate surface area is 188 Å². The van der Waals surface area contributed by atoms with Crippen molar-refractivity contribution in [2.24, 2.45) is 5.41 Å². The van der Waals surface area contributed by atoms with E-state index < -0.39 is 0 Å². The third kappa shape index (κ3) is 3.68. The van der Waals surface area contributed by atoms with E-state index in [4.69, 9.17) is 15.6 Å². The van der Waals surface area contributed by atoms with Gasteiger partial charge in [0.25, 0.3) is 5.91 Å². The monoisotopic (exact) mass is 437 g/mol. The Bertz CT molecular complexity index is 1030. The Morgan fingerprint density at radius 2 is 2.00 bits per heavy atom. The number of nitrogens with one attached hydrogen (secondary N) is 1. The summed E-state index contributed by atoms with van der Waals surface area (Å²) in [5.74, 6) is 0.101. The molecule has 1 unspecified atom stereocenters. The summed E-state index contributed by atoms with van der Waals surface area (Å²) in [6, 6.07) is 8.02. The van der Waals surface area contributed by atoms with Crippen molar-refractivity contribution < 1.29 is 14.3 Å². The van der Waals surface area contributed by atoms with Crippen LogP contribution in [0.15, 0.2) is 36.9 Å². The number of nitrogen functional groups attached to an aromatic ring is 1. The van der Waals surface area contributed by atoms with Crippen molar-refractivity contribution in [1.82, 2.24) is 20.0 Å². The summed E-state index contributed by atoms with van der Waals surface area (Å²) < 4.78 is 7.45. The van der Waals surface area contributed by atoms with Crippen molar-refractivity contribution in [3.05, 3.63) is 48.0 Å². The van der Waals surface area contributed by atoms with Gasteiger partial charge in [-0.25, -0.2) is 4.68 Å². The van der Waals surface area contributed by atoms with E-state index in [1.807, 2.05) is 43.0 Å². The van der Waals surface area contributed by atoms with Crippen LogP contribution in [0.3, 0.4) is 0 Å². The van der Waals surface area contributed by atoms with Gasteiger partial charge < -0.3 is 20.7 Å². The molecule has 2 heterocycles. The molecule has 0 radical (unpaired) electrons. The fraction of sp³-hybridized carbons (Fsp3) is 0.458. The van der Waals surface area contributed by atoms with Crippen LogP contribution in [0.2, 0.25) is 0 Å². The number of hydrogen-bond acceptors (Lipinski definition) is 5. The Morgan fingerprint density at radius 1 is 1.34 bits per heavy atom. The maximum absolute atomic E-state index is 12.7. The van der Waals surface area contributed by atoms with E-state index in [1.165, 1.54) is 6.08 Å². The minimum absolute atomic E-state index is 0.00346. The number of nitrogens with zero attached hydrogens (tertiary/aromatic N) is 3. The minimum Gasteiger partial charge on any atom is -0.383 e. The molecule has 1 saturated heterocycles. The molecular formula is C24H31N5O3. The molecule has 32 heavy (non-hydrogen) atoms. The number of amides is 2. The molecular weight excluding hydrogens is 406 g/mol. The predicted molar refractivity (Wildman–Crippen MR) is 123 cm³/mol. The van der Waals surface area contributed by atoms with Gasteiger partial charge in [0, 0.05) is 37.7 Å². The zero-order chi connectivity index (χ0) is 23.0. The topological polar surface area (TPSA) is 102 Å². The molecule has 170 valence electrons. The van der Waals surface area contributed by atoms with E-state index >= 15 is 0 Å². The molecule has 2 aromatic rings. The van der Waals surface area contributed by atoms with Gasteiger partial charge in [-0.2, -0.15) is 5.10 Å². The van der Waals surface area contributed by atoms with Crippen LogP contribution < -0.4 is 11.1 Å². The third-order valence-electron chi connectivity index (χ3n) is 6.69. The molecule has 2 amide bonds. The van der Waals surface area contributed by atoms with Crippen molar-refractivity contribution in [1.29, 1.82) is 0 Å². The van der Waals surface area contributed by atoms with Gasteiger partial charge in [0.15, 0.2) is 0 Å². The van der Waals surface area contributed by atoms with Gasteiger partial charge >= 0.3 is 0 Å². The maximum Gasteiger partial charge on any atom is 0.257 e. The highest BCUT2D eigenvalue weighted by Crippen LogP contribution is 2.55. The first-order valence-electron chi connectivity index (χ1n) is 11.1. The number of likely N-dealkylation sites (tertiary alicyclic amines) is 1. The van der Waals surface area contributed by atoms with Gasteiger partial charge in [0.05, 0.1) is 12.1 Å². The lowest BCUT2D eigenvalue weighted by molar-refractivity contribution is -0.148. The number of hydrogen-bond donors (Lipinski definition) is 2. The summed E-state index contributed by atoms with van der Waals surface area (Å²) in [6.45, 7) is 9.66. The molecule has 8 heteroatoms. The van der Waals surface area contributed by atoms with Crippen molar-refractivity contribution in [2.75, 3.05) is 32.5 Å². The van der Waals surface area contributed by atoms with Crippen LogP contribution in [-0.4, -0.2) is 53.2 Å². The molecule has 0 bridgehead atoms. The fourth-order valence-corrected chi connectivity index (χ4v) is 4.95. The molecule has 3 N–H and O–H groups in total. The van der Waals surface area contributed by atoms with Gasteiger partial charge in [0.2, 0.25) is 5.91 Å². The first-order valence-corrected chi connectivity index (χ1v) is 11.1. The third-order valence-corrected chi connectivity index (χ3v) is 6.69. The highest BCUT2D eigenvalue weighted by Gasteiger charge is 2.54. The second kappa shape index (κ2) is 8.43. The van der Waals surface area contributed by atoms with Crippen LogP contribution >= 0.6 is 0 Å². The van der Waals surface area contributed by atoms with Gasteiger partial charge in [0.1, 0.15) is 17.1 Å². The molecule has 1 aliphatic heterocycles. The highest BCUT2D eigenvalue weighted by atomic mass is 16.5. The number of nitrogens with two attached hydrogens (primary N) is 1. The summed E-state index contributed by atoms with van der Waals surface area (Å²) in [4.78, 5) is 26.2. The van der Waals surface area contributed by atoms with E-state index in [-0.39, 0.29) is 29.4 Å². The van der Waals surface area contributed by atoms with Gasteiger partial charge in [-0.05, 0) is 38.3 Å². The summed E-state index contributed by atoms with van der Waals surface area (Å²) in [6.07, 6.45) is 3.13. The number of carbonyl (C=O) groups excluding carboxylic acids is 2. The molecule has 1 aliphatic carbocycles. The molecule has 2 fully saturated rings. The van der Waals surface area contributed by atoms with Crippen molar-refractivity contribution in [3.63, 3.8) is 0 Å². The van der Waals surface area contributed by atoms with E-state index in [2.05, 4.69) is 11.9 Å². The van der Waals surface area contributed by atoms with Crippen LogP contribution in [0.25, 0.3) is 11.3 Å². The Kier molecular flexibility index (Phi) is 5.81. The first kappa shape index (κ1) is 22.1. The lowest BCUT2D eigenvalue weighted by atomic mass is 9.60. The second-order valence-corrected chi connectivity index (χ2v) is 8.81. The summed E-state index contributed by atoms with van der Waals surface area (Å²) in [7, 11) is 1.59. The van der Waals surface area contributed by atoms with Crippen molar-refractivity contribution >= 4 is 17.6 Å². The molecule has 1 aromatic carbocycles. The average molecular weight is 438 g/mol. The quantitative estimate of drug-likeness (QED) is 0.649. The van der Waals surface area contributed by atoms with E-state index in [1.54, 1.807) is 11.7 Å². The smallest absolute Gasteiger partial charge is 0.257 e. The van der Waals surface area contributed by atoms with E-state index in [9.17, 15) is 9.59 Å². The fourth-order valence-electron chi connectivity index (χ4n) is 4.95. The number of ether oxygens (including phenoxy) is 1. The Morgan fingerprint density at radius 3 is 2.56 bits per heavy atom. The van der Waals surface area contributed by atoms with Crippen LogP contribution in [-0.2, 0) is 9.53 Å². The Hall–Kier alpha value is -3.13. The van der Waals surface area contributed by atoms with Gasteiger partial charge in [-0.1, -0.05) is 30.8 Å².